The Morgan fingerprint density at radius 3 is 2.33 bits per heavy atom. The maximum atomic E-state index is 12.9. The van der Waals surface area contributed by atoms with Crippen molar-refractivity contribution < 1.29 is 27.7 Å². The number of nitrogens with zero attached hydrogens (tertiary/aromatic N) is 3. The number of carbonyl (C=O) groups excluding carboxylic acids is 2. The molecule has 2 aliphatic rings. The van der Waals surface area contributed by atoms with E-state index in [0.29, 0.717) is 57.9 Å². The van der Waals surface area contributed by atoms with E-state index in [2.05, 4.69) is 0 Å². The summed E-state index contributed by atoms with van der Waals surface area (Å²) in [6, 6.07) is 2.49. The fraction of sp³-hybridized carbons (Fsp3) is 0.579. The van der Waals surface area contributed by atoms with Gasteiger partial charge in [-0.1, -0.05) is 0 Å². The predicted octanol–water partition coefficient (Wildman–Crippen LogP) is 2.55. The van der Waals surface area contributed by atoms with Crippen LogP contribution in [0.25, 0.3) is 0 Å². The summed E-state index contributed by atoms with van der Waals surface area (Å²) in [5, 5.41) is 11.3. The number of benzene rings is 1. The van der Waals surface area contributed by atoms with Crippen molar-refractivity contribution >= 4 is 23.2 Å². The highest BCUT2D eigenvalue weighted by atomic mass is 19.4. The second-order valence-electron chi connectivity index (χ2n) is 7.75. The van der Waals surface area contributed by atoms with Gasteiger partial charge in [-0.3, -0.25) is 19.7 Å². The number of halogens is 3. The summed E-state index contributed by atoms with van der Waals surface area (Å²) in [6.07, 6.45) is -2.45. The summed E-state index contributed by atoms with van der Waals surface area (Å²) >= 11 is 0. The molecule has 11 heteroatoms. The van der Waals surface area contributed by atoms with E-state index in [0.717, 1.165) is 12.1 Å². The lowest BCUT2D eigenvalue weighted by Crippen LogP contribution is -2.48. The van der Waals surface area contributed by atoms with Gasteiger partial charge in [0.2, 0.25) is 11.8 Å². The fourth-order valence-electron chi connectivity index (χ4n) is 4.15. The molecule has 0 spiro atoms. The Labute approximate surface area is 170 Å². The smallest absolute Gasteiger partial charge is 0.369 e. The van der Waals surface area contributed by atoms with Crippen LogP contribution in [0.15, 0.2) is 18.2 Å². The van der Waals surface area contributed by atoms with Crippen LogP contribution in [-0.4, -0.2) is 47.8 Å². The Balaban J connectivity index is 1.67. The molecule has 2 N–H and O–H groups in total. The maximum Gasteiger partial charge on any atom is 0.416 e. The summed E-state index contributed by atoms with van der Waals surface area (Å²) in [6.45, 7) is 1.50. The highest BCUT2D eigenvalue weighted by Gasteiger charge is 2.36. The number of anilines is 1. The fourth-order valence-corrected chi connectivity index (χ4v) is 4.15. The minimum absolute atomic E-state index is 0.0671. The zero-order chi connectivity index (χ0) is 22.1. The first-order valence-corrected chi connectivity index (χ1v) is 9.76. The van der Waals surface area contributed by atoms with Crippen LogP contribution in [0.5, 0.6) is 0 Å². The third kappa shape index (κ3) is 4.65. The summed E-state index contributed by atoms with van der Waals surface area (Å²) in [5.41, 5.74) is 3.80. The van der Waals surface area contributed by atoms with Crippen LogP contribution in [0.3, 0.4) is 0 Å². The van der Waals surface area contributed by atoms with E-state index in [1.165, 1.54) is 0 Å². The summed E-state index contributed by atoms with van der Waals surface area (Å²) < 4.78 is 38.7. The number of primary amides is 1. The quantitative estimate of drug-likeness (QED) is 0.586. The Hall–Kier alpha value is -2.85. The van der Waals surface area contributed by atoms with Gasteiger partial charge in [-0.05, 0) is 37.8 Å². The number of nitrogens with two attached hydrogens (primary N) is 1. The number of carbonyl (C=O) groups is 2. The number of alkyl halides is 3. The second-order valence-corrected chi connectivity index (χ2v) is 7.75. The second kappa shape index (κ2) is 8.49. The molecule has 2 heterocycles. The van der Waals surface area contributed by atoms with Gasteiger partial charge in [0.05, 0.1) is 16.4 Å². The number of hydrogen-bond acceptors (Lipinski definition) is 5. The maximum absolute atomic E-state index is 12.9. The number of rotatable bonds is 4. The van der Waals surface area contributed by atoms with Crippen molar-refractivity contribution in [3.8, 4) is 0 Å². The zero-order valence-electron chi connectivity index (χ0n) is 16.2. The van der Waals surface area contributed by atoms with Crippen LogP contribution in [0.1, 0.15) is 31.2 Å². The first kappa shape index (κ1) is 21.8. The molecule has 1 aromatic carbocycles. The molecule has 8 nitrogen and oxygen atoms in total. The molecule has 3 rings (SSSR count). The standard InChI is InChI=1S/C19H23F3N4O4/c20-19(21,22)14-3-4-15(16(10-14)26(29)30)24-8-5-12(6-9-24)18(28)25-7-1-2-13(11-25)17(23)27/h3-4,10,12-13H,1-2,5-9,11H2,(H2,23,27)/t13-/m1/s1. The molecule has 0 radical (unpaired) electrons. The van der Waals surface area contributed by atoms with Crippen molar-refractivity contribution in [1.82, 2.24) is 4.90 Å². The molecular formula is C19H23F3N4O4. The van der Waals surface area contributed by atoms with Crippen LogP contribution < -0.4 is 10.6 Å². The van der Waals surface area contributed by atoms with Crippen molar-refractivity contribution in [2.75, 3.05) is 31.1 Å². The van der Waals surface area contributed by atoms with Crippen molar-refractivity contribution in [1.29, 1.82) is 0 Å². The minimum atomic E-state index is -4.67. The lowest BCUT2D eigenvalue weighted by atomic mass is 9.91. The van der Waals surface area contributed by atoms with Crippen molar-refractivity contribution in [2.45, 2.75) is 31.9 Å². The highest BCUT2D eigenvalue weighted by molar-refractivity contribution is 5.82. The summed E-state index contributed by atoms with van der Waals surface area (Å²) in [7, 11) is 0. The van der Waals surface area contributed by atoms with Crippen molar-refractivity contribution in [3.63, 3.8) is 0 Å². The van der Waals surface area contributed by atoms with Gasteiger partial charge in [0.25, 0.3) is 5.69 Å². The number of hydrogen-bond donors (Lipinski definition) is 1. The Morgan fingerprint density at radius 1 is 1.10 bits per heavy atom. The molecule has 2 aliphatic heterocycles. The van der Waals surface area contributed by atoms with Crippen LogP contribution in [0, 0.1) is 22.0 Å². The Kier molecular flexibility index (Phi) is 6.18. The van der Waals surface area contributed by atoms with Gasteiger partial charge in [-0.15, -0.1) is 0 Å². The molecule has 0 bridgehead atoms. The normalized spacial score (nSPS) is 20.8. The van der Waals surface area contributed by atoms with Crippen LogP contribution >= 0.6 is 0 Å². The average molecular weight is 428 g/mol. The molecule has 1 aromatic rings. The molecule has 0 aliphatic carbocycles. The van der Waals surface area contributed by atoms with E-state index in [-0.39, 0.29) is 23.4 Å². The van der Waals surface area contributed by atoms with Crippen LogP contribution in [-0.2, 0) is 15.8 Å². The van der Waals surface area contributed by atoms with Gasteiger partial charge >= 0.3 is 6.18 Å². The molecule has 0 aromatic heterocycles. The Morgan fingerprint density at radius 2 is 1.77 bits per heavy atom. The number of nitro benzene ring substituents is 1. The van der Waals surface area contributed by atoms with Crippen LogP contribution in [0.4, 0.5) is 24.5 Å². The van der Waals surface area contributed by atoms with E-state index in [1.54, 1.807) is 9.80 Å². The topological polar surface area (TPSA) is 110 Å². The van der Waals surface area contributed by atoms with E-state index >= 15 is 0 Å². The molecule has 2 fully saturated rings. The zero-order valence-corrected chi connectivity index (χ0v) is 16.2. The van der Waals surface area contributed by atoms with E-state index in [9.17, 15) is 32.9 Å². The number of likely N-dealkylation sites (tertiary alicyclic amines) is 1. The van der Waals surface area contributed by atoms with Gasteiger partial charge in [0.15, 0.2) is 0 Å². The molecule has 0 unspecified atom stereocenters. The summed E-state index contributed by atoms with van der Waals surface area (Å²) in [5.74, 6) is -1.13. The lowest BCUT2D eigenvalue weighted by Gasteiger charge is -2.37. The number of nitro groups is 1. The van der Waals surface area contributed by atoms with Crippen molar-refractivity contribution in [3.05, 3.63) is 33.9 Å². The first-order chi connectivity index (χ1) is 14.1. The first-order valence-electron chi connectivity index (χ1n) is 9.76. The summed E-state index contributed by atoms with van der Waals surface area (Å²) in [4.78, 5) is 38.0. The van der Waals surface area contributed by atoms with Gasteiger partial charge in [-0.2, -0.15) is 13.2 Å². The third-order valence-electron chi connectivity index (χ3n) is 5.82. The molecule has 1 atom stereocenters. The minimum Gasteiger partial charge on any atom is -0.369 e. The molecule has 2 saturated heterocycles. The van der Waals surface area contributed by atoms with E-state index < -0.39 is 28.3 Å². The number of piperidine rings is 2. The SMILES string of the molecule is NC(=O)[C@@H]1CCCN(C(=O)C2CCN(c3ccc(C(F)(F)F)cc3[N+](=O)[O-])CC2)C1. The van der Waals surface area contributed by atoms with E-state index in [1.807, 2.05) is 0 Å². The van der Waals surface area contributed by atoms with Gasteiger partial charge in [0.1, 0.15) is 5.69 Å². The van der Waals surface area contributed by atoms with Gasteiger partial charge in [-0.25, -0.2) is 0 Å². The van der Waals surface area contributed by atoms with Crippen molar-refractivity contribution in [2.24, 2.45) is 17.6 Å². The molecule has 164 valence electrons. The molecular weight excluding hydrogens is 405 g/mol. The lowest BCUT2D eigenvalue weighted by molar-refractivity contribution is -0.384. The largest absolute Gasteiger partial charge is 0.416 e. The van der Waals surface area contributed by atoms with Gasteiger partial charge in [0, 0.05) is 38.2 Å². The molecule has 0 saturated carbocycles. The van der Waals surface area contributed by atoms with Crippen LogP contribution in [0.2, 0.25) is 0 Å². The van der Waals surface area contributed by atoms with E-state index in [4.69, 9.17) is 5.73 Å². The van der Waals surface area contributed by atoms with Gasteiger partial charge < -0.3 is 15.5 Å². The molecule has 2 amide bonds. The monoisotopic (exact) mass is 428 g/mol. The Bertz CT molecular complexity index is 838. The average Bonchev–Trinajstić information content (AvgIpc) is 2.72. The highest BCUT2D eigenvalue weighted by Crippen LogP contribution is 2.38. The predicted molar refractivity (Wildman–Crippen MR) is 102 cm³/mol. The third-order valence-corrected chi connectivity index (χ3v) is 5.82. The molecule has 30 heavy (non-hydrogen) atoms. The number of amides is 2.